The number of nitrogens with one attached hydrogen (secondary N) is 2. The minimum atomic E-state index is -0.356. The lowest BCUT2D eigenvalue weighted by Crippen LogP contribution is -2.12. The van der Waals surface area contributed by atoms with E-state index in [1.54, 1.807) is 35.4 Å². The number of aromatic nitrogens is 4. The van der Waals surface area contributed by atoms with Crippen molar-refractivity contribution in [2.75, 3.05) is 5.32 Å². The highest BCUT2D eigenvalue weighted by Crippen LogP contribution is 2.23. The molecule has 124 valence electrons. The first-order chi connectivity index (χ1) is 12.1. The Bertz CT molecular complexity index is 1030. The van der Waals surface area contributed by atoms with Crippen LogP contribution in [0.1, 0.15) is 16.1 Å². The molecule has 0 unspecified atom stereocenters. The van der Waals surface area contributed by atoms with E-state index in [1.807, 2.05) is 19.1 Å². The predicted molar refractivity (Wildman–Crippen MR) is 92.3 cm³/mol. The first-order valence-electron chi connectivity index (χ1n) is 7.66. The van der Waals surface area contributed by atoms with Crippen molar-refractivity contribution >= 4 is 22.5 Å². The molecule has 7 heteroatoms. The number of anilines is 1. The van der Waals surface area contributed by atoms with Gasteiger partial charge in [0.05, 0.1) is 11.2 Å². The average molecular weight is 335 g/mol. The number of amides is 1. The van der Waals surface area contributed by atoms with Crippen LogP contribution in [0.3, 0.4) is 0 Å². The topological polar surface area (TPSA) is 75.6 Å². The van der Waals surface area contributed by atoms with Gasteiger partial charge in [-0.3, -0.25) is 9.36 Å². The molecule has 0 atom stereocenters. The standard InChI is InChI=1S/C18H14FN5O/c1-11-5-6-15(19)14-8-16(23-17(11)14)18(25)22-12-3-2-4-13(7-12)24-9-20-21-10-24/h2-10,23H,1H3,(H,22,25). The van der Waals surface area contributed by atoms with Gasteiger partial charge >= 0.3 is 0 Å². The minimum Gasteiger partial charge on any atom is -0.350 e. The molecule has 2 aromatic heterocycles. The zero-order valence-electron chi connectivity index (χ0n) is 13.3. The zero-order valence-corrected chi connectivity index (χ0v) is 13.3. The summed E-state index contributed by atoms with van der Waals surface area (Å²) in [4.78, 5) is 15.5. The number of nitrogens with zero attached hydrogens (tertiary/aromatic N) is 3. The van der Waals surface area contributed by atoms with Gasteiger partial charge in [0.2, 0.25) is 0 Å². The predicted octanol–water partition coefficient (Wildman–Crippen LogP) is 3.45. The van der Waals surface area contributed by atoms with Crippen LogP contribution in [-0.4, -0.2) is 25.7 Å². The van der Waals surface area contributed by atoms with Crippen LogP contribution < -0.4 is 5.32 Å². The van der Waals surface area contributed by atoms with E-state index in [-0.39, 0.29) is 11.7 Å². The van der Waals surface area contributed by atoms with Gasteiger partial charge in [-0.15, -0.1) is 10.2 Å². The normalized spacial score (nSPS) is 11.0. The van der Waals surface area contributed by atoms with E-state index in [2.05, 4.69) is 20.5 Å². The summed E-state index contributed by atoms with van der Waals surface area (Å²) in [5, 5.41) is 10.7. The lowest BCUT2D eigenvalue weighted by Gasteiger charge is -2.06. The number of hydrogen-bond acceptors (Lipinski definition) is 3. The molecule has 4 rings (SSSR count). The Hall–Kier alpha value is -3.48. The summed E-state index contributed by atoms with van der Waals surface area (Å²) < 4.78 is 15.6. The Labute approximate surface area is 142 Å². The third-order valence-corrected chi connectivity index (χ3v) is 4.01. The van der Waals surface area contributed by atoms with Gasteiger partial charge in [-0.1, -0.05) is 12.1 Å². The third-order valence-electron chi connectivity index (χ3n) is 4.01. The summed E-state index contributed by atoms with van der Waals surface area (Å²) in [5.41, 5.74) is 3.25. The second-order valence-electron chi connectivity index (χ2n) is 5.71. The molecule has 0 aliphatic carbocycles. The summed E-state index contributed by atoms with van der Waals surface area (Å²) >= 11 is 0. The third kappa shape index (κ3) is 2.76. The molecule has 0 aliphatic heterocycles. The lowest BCUT2D eigenvalue weighted by atomic mass is 10.1. The van der Waals surface area contributed by atoms with Crippen molar-refractivity contribution in [3.05, 3.63) is 72.2 Å². The van der Waals surface area contributed by atoms with Gasteiger partial charge in [-0.05, 0) is 42.8 Å². The Morgan fingerprint density at radius 1 is 1.16 bits per heavy atom. The quantitative estimate of drug-likeness (QED) is 0.602. The SMILES string of the molecule is Cc1ccc(F)c2cc(C(=O)Nc3cccc(-n4cnnc4)c3)[nH]c12. The van der Waals surface area contributed by atoms with Crippen LogP contribution in [0.4, 0.5) is 10.1 Å². The van der Waals surface area contributed by atoms with Crippen molar-refractivity contribution in [3.8, 4) is 5.69 Å². The van der Waals surface area contributed by atoms with Gasteiger partial charge in [0.15, 0.2) is 0 Å². The van der Waals surface area contributed by atoms with Crippen molar-refractivity contribution in [1.29, 1.82) is 0 Å². The zero-order chi connectivity index (χ0) is 17.4. The minimum absolute atomic E-state index is 0.304. The molecule has 6 nitrogen and oxygen atoms in total. The van der Waals surface area contributed by atoms with Crippen LogP contribution in [0.2, 0.25) is 0 Å². The fourth-order valence-electron chi connectivity index (χ4n) is 2.72. The first-order valence-corrected chi connectivity index (χ1v) is 7.66. The smallest absolute Gasteiger partial charge is 0.272 e. The molecule has 0 fully saturated rings. The number of halogens is 1. The molecule has 0 aliphatic rings. The van der Waals surface area contributed by atoms with E-state index in [9.17, 15) is 9.18 Å². The fraction of sp³-hybridized carbons (Fsp3) is 0.0556. The van der Waals surface area contributed by atoms with E-state index in [1.165, 1.54) is 12.1 Å². The molecule has 2 N–H and O–H groups in total. The largest absolute Gasteiger partial charge is 0.350 e. The second kappa shape index (κ2) is 5.86. The van der Waals surface area contributed by atoms with Crippen LogP contribution in [0.25, 0.3) is 16.6 Å². The van der Waals surface area contributed by atoms with E-state index in [4.69, 9.17) is 0 Å². The molecule has 0 saturated heterocycles. The van der Waals surface area contributed by atoms with Crippen molar-refractivity contribution in [2.45, 2.75) is 6.92 Å². The number of fused-ring (bicyclic) bond motifs is 1. The number of benzene rings is 2. The maximum absolute atomic E-state index is 13.9. The van der Waals surface area contributed by atoms with Gasteiger partial charge in [0.25, 0.3) is 5.91 Å². The van der Waals surface area contributed by atoms with Crippen LogP contribution >= 0.6 is 0 Å². The summed E-state index contributed by atoms with van der Waals surface area (Å²) in [5.74, 6) is -0.693. The monoisotopic (exact) mass is 335 g/mol. The first kappa shape index (κ1) is 15.1. The summed E-state index contributed by atoms with van der Waals surface area (Å²) in [6.45, 7) is 1.86. The van der Waals surface area contributed by atoms with E-state index < -0.39 is 0 Å². The Morgan fingerprint density at radius 3 is 2.72 bits per heavy atom. The summed E-state index contributed by atoms with van der Waals surface area (Å²) in [6, 6.07) is 11.9. The molecule has 4 aromatic rings. The molecule has 0 radical (unpaired) electrons. The highest BCUT2D eigenvalue weighted by Gasteiger charge is 2.13. The molecule has 2 aromatic carbocycles. The van der Waals surface area contributed by atoms with Gasteiger partial charge in [0.1, 0.15) is 24.2 Å². The maximum atomic E-state index is 13.9. The number of rotatable bonds is 3. The number of aryl methyl sites for hydroxylation is 1. The van der Waals surface area contributed by atoms with Crippen molar-refractivity contribution in [2.24, 2.45) is 0 Å². The number of carbonyl (C=O) groups excluding carboxylic acids is 1. The Morgan fingerprint density at radius 2 is 1.96 bits per heavy atom. The van der Waals surface area contributed by atoms with Crippen LogP contribution in [-0.2, 0) is 0 Å². The molecule has 1 amide bonds. The Kier molecular flexibility index (Phi) is 3.53. The van der Waals surface area contributed by atoms with Crippen molar-refractivity contribution in [3.63, 3.8) is 0 Å². The highest BCUT2D eigenvalue weighted by molar-refractivity contribution is 6.06. The van der Waals surface area contributed by atoms with Gasteiger partial charge in [0, 0.05) is 11.1 Å². The molecule has 2 heterocycles. The van der Waals surface area contributed by atoms with Crippen molar-refractivity contribution in [1.82, 2.24) is 19.7 Å². The molecule has 25 heavy (non-hydrogen) atoms. The molecular formula is C18H14FN5O. The average Bonchev–Trinajstić information content (AvgIpc) is 3.28. The van der Waals surface area contributed by atoms with Crippen LogP contribution in [0, 0.1) is 12.7 Å². The lowest BCUT2D eigenvalue weighted by molar-refractivity contribution is 0.102. The molecule has 0 saturated carbocycles. The van der Waals surface area contributed by atoms with Gasteiger partial charge in [-0.25, -0.2) is 4.39 Å². The van der Waals surface area contributed by atoms with Gasteiger partial charge in [-0.2, -0.15) is 0 Å². The number of hydrogen-bond donors (Lipinski definition) is 2. The molecule has 0 bridgehead atoms. The molecule has 0 spiro atoms. The number of aromatic amines is 1. The fourth-order valence-corrected chi connectivity index (χ4v) is 2.72. The van der Waals surface area contributed by atoms with Crippen LogP contribution in [0.5, 0.6) is 0 Å². The number of H-pyrrole nitrogens is 1. The summed E-state index contributed by atoms with van der Waals surface area (Å²) in [6.07, 6.45) is 3.15. The second-order valence-corrected chi connectivity index (χ2v) is 5.71. The molecular weight excluding hydrogens is 321 g/mol. The van der Waals surface area contributed by atoms with E-state index in [0.717, 1.165) is 11.3 Å². The maximum Gasteiger partial charge on any atom is 0.272 e. The van der Waals surface area contributed by atoms with Crippen molar-refractivity contribution < 1.29 is 9.18 Å². The highest BCUT2D eigenvalue weighted by atomic mass is 19.1. The Balaban J connectivity index is 1.63. The van der Waals surface area contributed by atoms with Crippen LogP contribution in [0.15, 0.2) is 55.1 Å². The summed E-state index contributed by atoms with van der Waals surface area (Å²) in [7, 11) is 0. The number of carbonyl (C=O) groups is 1. The van der Waals surface area contributed by atoms with E-state index in [0.29, 0.717) is 22.3 Å². The van der Waals surface area contributed by atoms with E-state index >= 15 is 0 Å². The van der Waals surface area contributed by atoms with Gasteiger partial charge < -0.3 is 10.3 Å².